The summed E-state index contributed by atoms with van der Waals surface area (Å²) in [6, 6.07) is 7.13. The molecule has 2 aromatic heterocycles. The molecule has 0 fully saturated rings. The van der Waals surface area contributed by atoms with Gasteiger partial charge in [0.25, 0.3) is 5.91 Å². The largest absolute Gasteiger partial charge is 0.283 e. The lowest BCUT2D eigenvalue weighted by Crippen LogP contribution is -2.17. The zero-order chi connectivity index (χ0) is 16.9. The Hall–Kier alpha value is -2.64. The van der Waals surface area contributed by atoms with E-state index in [0.717, 1.165) is 5.56 Å². The molecular weight excluding hydrogens is 346 g/mol. The molecule has 1 N–H and O–H groups in total. The molecule has 6 nitrogen and oxygen atoms in total. The third-order valence-electron chi connectivity index (χ3n) is 3.03. The number of aryl methyl sites for hydroxylation is 1. The van der Waals surface area contributed by atoms with E-state index in [1.54, 1.807) is 43.9 Å². The molecule has 0 aliphatic heterocycles. The van der Waals surface area contributed by atoms with Crippen LogP contribution in [0.15, 0.2) is 48.0 Å². The van der Waals surface area contributed by atoms with Crippen LogP contribution >= 0.6 is 22.9 Å². The topological polar surface area (TPSA) is 80.1 Å². The summed E-state index contributed by atoms with van der Waals surface area (Å²) in [4.78, 5) is 25.3. The number of nitrogens with one attached hydrogen (secondary N) is 1. The van der Waals surface area contributed by atoms with Gasteiger partial charge in [-0.15, -0.1) is 11.3 Å². The first-order chi connectivity index (χ1) is 11.6. The van der Waals surface area contributed by atoms with Crippen LogP contribution in [-0.4, -0.2) is 27.1 Å². The summed E-state index contributed by atoms with van der Waals surface area (Å²) < 4.78 is 0. The van der Waals surface area contributed by atoms with Gasteiger partial charge < -0.3 is 0 Å². The van der Waals surface area contributed by atoms with Crippen molar-refractivity contribution in [3.05, 3.63) is 64.0 Å². The SMILES string of the molecule is Cc1nc(-c2cnccn2)sc1C(=O)NN=Cc1ccc(Cl)cc1. The molecule has 0 bridgehead atoms. The molecular formula is C16H12ClN5OS. The Morgan fingerprint density at radius 1 is 1.29 bits per heavy atom. The molecule has 1 amide bonds. The second-order valence-corrected chi connectivity index (χ2v) is 6.21. The molecule has 0 radical (unpaired) electrons. The number of nitrogens with zero attached hydrogens (tertiary/aromatic N) is 4. The molecule has 120 valence electrons. The van der Waals surface area contributed by atoms with Crippen molar-refractivity contribution in [2.24, 2.45) is 5.10 Å². The molecule has 0 saturated heterocycles. The number of rotatable bonds is 4. The van der Waals surface area contributed by atoms with Gasteiger partial charge in [-0.3, -0.25) is 14.8 Å². The first kappa shape index (κ1) is 16.2. The van der Waals surface area contributed by atoms with Crippen LogP contribution in [0.1, 0.15) is 20.9 Å². The number of hydrogen-bond donors (Lipinski definition) is 1. The van der Waals surface area contributed by atoms with Gasteiger partial charge >= 0.3 is 0 Å². The van der Waals surface area contributed by atoms with Crippen molar-refractivity contribution >= 4 is 35.1 Å². The molecule has 24 heavy (non-hydrogen) atoms. The highest BCUT2D eigenvalue weighted by atomic mass is 35.5. The Morgan fingerprint density at radius 2 is 2.08 bits per heavy atom. The second kappa shape index (κ2) is 7.29. The number of benzene rings is 1. The van der Waals surface area contributed by atoms with Gasteiger partial charge in [-0.2, -0.15) is 5.10 Å². The van der Waals surface area contributed by atoms with Crippen LogP contribution in [0.2, 0.25) is 5.02 Å². The van der Waals surface area contributed by atoms with Gasteiger partial charge in [0.1, 0.15) is 15.6 Å². The lowest BCUT2D eigenvalue weighted by molar-refractivity contribution is 0.0958. The van der Waals surface area contributed by atoms with E-state index in [9.17, 15) is 4.79 Å². The average Bonchev–Trinajstić information content (AvgIpc) is 2.99. The van der Waals surface area contributed by atoms with E-state index in [1.807, 2.05) is 12.1 Å². The van der Waals surface area contributed by atoms with Gasteiger partial charge in [0.05, 0.1) is 18.1 Å². The maximum Gasteiger partial charge on any atom is 0.283 e. The fourth-order valence-corrected chi connectivity index (χ4v) is 2.93. The Labute approximate surface area is 147 Å². The zero-order valence-electron chi connectivity index (χ0n) is 12.6. The Bertz CT molecular complexity index is 877. The molecule has 8 heteroatoms. The minimum Gasteiger partial charge on any atom is -0.266 e. The van der Waals surface area contributed by atoms with Crippen molar-refractivity contribution in [3.8, 4) is 10.7 Å². The Balaban J connectivity index is 1.71. The molecule has 0 unspecified atom stereocenters. The van der Waals surface area contributed by atoms with Gasteiger partial charge in [0.2, 0.25) is 0 Å². The van der Waals surface area contributed by atoms with Crippen molar-refractivity contribution in [3.63, 3.8) is 0 Å². The van der Waals surface area contributed by atoms with E-state index in [1.165, 1.54) is 11.3 Å². The highest BCUT2D eigenvalue weighted by molar-refractivity contribution is 7.17. The lowest BCUT2D eigenvalue weighted by atomic mass is 10.2. The van der Waals surface area contributed by atoms with Crippen LogP contribution in [-0.2, 0) is 0 Å². The van der Waals surface area contributed by atoms with E-state index in [2.05, 4.69) is 25.5 Å². The fraction of sp³-hybridized carbons (Fsp3) is 0.0625. The summed E-state index contributed by atoms with van der Waals surface area (Å²) in [5.74, 6) is -0.314. The molecule has 0 saturated carbocycles. The standard InChI is InChI=1S/C16H12ClN5OS/c1-10-14(24-16(21-10)13-9-18-6-7-19-13)15(23)22-20-8-11-2-4-12(17)5-3-11/h2-9H,1H3,(H,22,23). The molecule has 0 atom stereocenters. The lowest BCUT2D eigenvalue weighted by Gasteiger charge is -1.97. The maximum atomic E-state index is 12.2. The highest BCUT2D eigenvalue weighted by Gasteiger charge is 2.16. The third-order valence-corrected chi connectivity index (χ3v) is 4.47. The van der Waals surface area contributed by atoms with Gasteiger partial charge in [-0.25, -0.2) is 10.4 Å². The number of aromatic nitrogens is 3. The van der Waals surface area contributed by atoms with E-state index < -0.39 is 0 Å². The number of hydrazone groups is 1. The highest BCUT2D eigenvalue weighted by Crippen LogP contribution is 2.25. The summed E-state index contributed by atoms with van der Waals surface area (Å²) in [5.41, 5.74) is 4.59. The summed E-state index contributed by atoms with van der Waals surface area (Å²) in [6.07, 6.45) is 6.33. The number of carbonyl (C=O) groups is 1. The van der Waals surface area contributed by atoms with Gasteiger partial charge in [0.15, 0.2) is 0 Å². The molecule has 0 aliphatic rings. The molecule has 1 aromatic carbocycles. The first-order valence-corrected chi connectivity index (χ1v) is 8.16. The van der Waals surface area contributed by atoms with Crippen LogP contribution in [0.4, 0.5) is 0 Å². The first-order valence-electron chi connectivity index (χ1n) is 6.96. The number of amides is 1. The van der Waals surface area contributed by atoms with Crippen molar-refractivity contribution in [1.29, 1.82) is 0 Å². The van der Waals surface area contributed by atoms with Crippen LogP contribution in [0.25, 0.3) is 10.7 Å². The van der Waals surface area contributed by atoms with Crippen molar-refractivity contribution < 1.29 is 4.79 Å². The summed E-state index contributed by atoms with van der Waals surface area (Å²) >= 11 is 7.07. The summed E-state index contributed by atoms with van der Waals surface area (Å²) in [6.45, 7) is 1.77. The Kier molecular flexibility index (Phi) is 4.93. The molecule has 0 aliphatic carbocycles. The monoisotopic (exact) mass is 357 g/mol. The normalized spacial score (nSPS) is 10.9. The van der Waals surface area contributed by atoms with Crippen molar-refractivity contribution in [2.45, 2.75) is 6.92 Å². The quantitative estimate of drug-likeness (QED) is 0.573. The van der Waals surface area contributed by atoms with Gasteiger partial charge in [0, 0.05) is 17.4 Å². The summed E-state index contributed by atoms with van der Waals surface area (Å²) in [7, 11) is 0. The molecule has 0 spiro atoms. The van der Waals surface area contributed by atoms with Crippen molar-refractivity contribution in [1.82, 2.24) is 20.4 Å². The number of carbonyl (C=O) groups excluding carboxylic acids is 1. The maximum absolute atomic E-state index is 12.2. The molecule has 2 heterocycles. The van der Waals surface area contributed by atoms with E-state index in [-0.39, 0.29) is 5.91 Å². The second-order valence-electron chi connectivity index (χ2n) is 4.77. The van der Waals surface area contributed by atoms with Crippen LogP contribution in [0.3, 0.4) is 0 Å². The Morgan fingerprint density at radius 3 is 2.79 bits per heavy atom. The molecule has 3 aromatic rings. The minimum absolute atomic E-state index is 0.314. The van der Waals surface area contributed by atoms with E-state index >= 15 is 0 Å². The van der Waals surface area contributed by atoms with Crippen LogP contribution in [0, 0.1) is 6.92 Å². The number of halogens is 1. The smallest absolute Gasteiger partial charge is 0.266 e. The van der Waals surface area contributed by atoms with E-state index in [0.29, 0.717) is 26.3 Å². The van der Waals surface area contributed by atoms with Crippen molar-refractivity contribution in [2.75, 3.05) is 0 Å². The fourth-order valence-electron chi connectivity index (χ4n) is 1.89. The summed E-state index contributed by atoms with van der Waals surface area (Å²) in [5, 5.41) is 5.25. The van der Waals surface area contributed by atoms with Crippen LogP contribution in [0.5, 0.6) is 0 Å². The predicted molar refractivity (Wildman–Crippen MR) is 94.4 cm³/mol. The number of hydrogen-bond acceptors (Lipinski definition) is 6. The third kappa shape index (κ3) is 3.81. The number of thiazole rings is 1. The predicted octanol–water partition coefficient (Wildman–Crippen LogP) is 3.33. The van der Waals surface area contributed by atoms with E-state index in [4.69, 9.17) is 11.6 Å². The average molecular weight is 358 g/mol. The molecule has 3 rings (SSSR count). The minimum atomic E-state index is -0.314. The van der Waals surface area contributed by atoms with Gasteiger partial charge in [-0.1, -0.05) is 23.7 Å². The van der Waals surface area contributed by atoms with Crippen LogP contribution < -0.4 is 5.43 Å². The van der Waals surface area contributed by atoms with Gasteiger partial charge in [-0.05, 0) is 24.6 Å². The zero-order valence-corrected chi connectivity index (χ0v) is 14.2.